The lowest BCUT2D eigenvalue weighted by molar-refractivity contribution is 0.102. The molecule has 0 bridgehead atoms. The Morgan fingerprint density at radius 2 is 1.73 bits per heavy atom. The molecule has 0 saturated carbocycles. The fourth-order valence-electron chi connectivity index (χ4n) is 1.75. The van der Waals surface area contributed by atoms with Crippen molar-refractivity contribution in [1.82, 2.24) is 0 Å². The summed E-state index contributed by atoms with van der Waals surface area (Å²) >= 11 is 11.9. The molecule has 0 saturated heterocycles. The van der Waals surface area contributed by atoms with Gasteiger partial charge in [-0.05, 0) is 30.3 Å². The molecule has 1 amide bonds. The smallest absolute Gasteiger partial charge is 0.257 e. The summed E-state index contributed by atoms with van der Waals surface area (Å²) in [4.78, 5) is 12.4. The molecule has 2 rings (SSSR count). The summed E-state index contributed by atoms with van der Waals surface area (Å²) in [5.74, 6) is -0.526. The third kappa shape index (κ3) is 4.37. The maximum atomic E-state index is 12.4. The monoisotopic (exact) mass is 358 g/mol. The van der Waals surface area contributed by atoms with Gasteiger partial charge in [0.1, 0.15) is 0 Å². The molecule has 8 heteroatoms. The summed E-state index contributed by atoms with van der Waals surface area (Å²) in [7, 11) is -3.53. The summed E-state index contributed by atoms with van der Waals surface area (Å²) in [6, 6.07) is 11.0. The van der Waals surface area contributed by atoms with E-state index in [2.05, 4.69) is 10.0 Å². The normalized spacial score (nSPS) is 11.0. The molecule has 0 aliphatic rings. The number of sulfonamides is 1. The molecule has 0 spiro atoms. The van der Waals surface area contributed by atoms with Crippen molar-refractivity contribution in [2.75, 3.05) is 16.3 Å². The van der Waals surface area contributed by atoms with E-state index in [1.807, 2.05) is 0 Å². The first-order valence-electron chi connectivity index (χ1n) is 6.09. The fourth-order valence-corrected chi connectivity index (χ4v) is 2.68. The van der Waals surface area contributed by atoms with Crippen molar-refractivity contribution < 1.29 is 13.2 Å². The average molecular weight is 359 g/mol. The maximum Gasteiger partial charge on any atom is 0.257 e. The molecule has 2 aromatic carbocycles. The molecule has 0 unspecified atom stereocenters. The number of rotatable bonds is 4. The Morgan fingerprint density at radius 3 is 2.36 bits per heavy atom. The minimum atomic E-state index is -3.53. The summed E-state index contributed by atoms with van der Waals surface area (Å²) in [6.07, 6.45) is 0.997. The SMILES string of the molecule is CS(=O)(=O)Nc1ccc(Cl)cc1C(=O)Nc1ccccc1Cl. The van der Waals surface area contributed by atoms with Gasteiger partial charge in [0.15, 0.2) is 0 Å². The highest BCUT2D eigenvalue weighted by Gasteiger charge is 2.16. The number of para-hydroxylation sites is 1. The number of hydrogen-bond donors (Lipinski definition) is 2. The number of anilines is 2. The number of benzene rings is 2. The molecule has 0 aliphatic carbocycles. The predicted octanol–water partition coefficient (Wildman–Crippen LogP) is 3.62. The van der Waals surface area contributed by atoms with Crippen LogP contribution in [-0.4, -0.2) is 20.6 Å². The molecular formula is C14H12Cl2N2O3S. The molecule has 0 atom stereocenters. The zero-order valence-corrected chi connectivity index (χ0v) is 13.8. The lowest BCUT2D eigenvalue weighted by Crippen LogP contribution is -2.17. The molecule has 2 N–H and O–H groups in total. The van der Waals surface area contributed by atoms with Crippen molar-refractivity contribution in [3.05, 3.63) is 58.1 Å². The molecule has 5 nitrogen and oxygen atoms in total. The van der Waals surface area contributed by atoms with E-state index in [0.29, 0.717) is 15.7 Å². The number of carbonyl (C=O) groups is 1. The Hall–Kier alpha value is -1.76. The van der Waals surface area contributed by atoms with Crippen LogP contribution in [0.2, 0.25) is 10.0 Å². The van der Waals surface area contributed by atoms with Crippen LogP contribution in [0.4, 0.5) is 11.4 Å². The van der Waals surface area contributed by atoms with Crippen molar-refractivity contribution in [3.8, 4) is 0 Å². The van der Waals surface area contributed by atoms with Gasteiger partial charge in [-0.25, -0.2) is 8.42 Å². The van der Waals surface area contributed by atoms with E-state index < -0.39 is 15.9 Å². The van der Waals surface area contributed by atoms with Crippen molar-refractivity contribution >= 4 is 50.5 Å². The Balaban J connectivity index is 2.36. The van der Waals surface area contributed by atoms with Gasteiger partial charge >= 0.3 is 0 Å². The van der Waals surface area contributed by atoms with Gasteiger partial charge in [-0.2, -0.15) is 0 Å². The van der Waals surface area contributed by atoms with Crippen LogP contribution in [0, 0.1) is 0 Å². The lowest BCUT2D eigenvalue weighted by atomic mass is 10.1. The topological polar surface area (TPSA) is 75.3 Å². The fraction of sp³-hybridized carbons (Fsp3) is 0.0714. The number of amides is 1. The summed E-state index contributed by atoms with van der Waals surface area (Å²) in [5, 5.41) is 3.30. The van der Waals surface area contributed by atoms with Gasteiger partial charge in [0.25, 0.3) is 5.91 Å². The van der Waals surface area contributed by atoms with E-state index in [9.17, 15) is 13.2 Å². The third-order valence-electron chi connectivity index (χ3n) is 2.64. The predicted molar refractivity (Wildman–Crippen MR) is 89.3 cm³/mol. The average Bonchev–Trinajstić information content (AvgIpc) is 2.42. The number of carbonyl (C=O) groups excluding carboxylic acids is 1. The molecule has 116 valence electrons. The molecular weight excluding hydrogens is 347 g/mol. The van der Waals surface area contributed by atoms with Crippen LogP contribution in [0.3, 0.4) is 0 Å². The maximum absolute atomic E-state index is 12.4. The molecule has 0 aliphatic heterocycles. The van der Waals surface area contributed by atoms with Gasteiger partial charge in [0.05, 0.1) is 28.2 Å². The summed E-state index contributed by atoms with van der Waals surface area (Å²) < 4.78 is 25.0. The second-order valence-electron chi connectivity index (χ2n) is 4.50. The van der Waals surface area contributed by atoms with Crippen LogP contribution in [0.5, 0.6) is 0 Å². The van der Waals surface area contributed by atoms with Crippen LogP contribution < -0.4 is 10.0 Å². The Morgan fingerprint density at radius 1 is 1.05 bits per heavy atom. The van der Waals surface area contributed by atoms with E-state index in [1.165, 1.54) is 18.2 Å². The van der Waals surface area contributed by atoms with Crippen LogP contribution >= 0.6 is 23.2 Å². The zero-order chi connectivity index (χ0) is 16.3. The van der Waals surface area contributed by atoms with Gasteiger partial charge in [-0.3, -0.25) is 9.52 Å². The Labute approximate surface area is 138 Å². The first-order valence-corrected chi connectivity index (χ1v) is 8.74. The van der Waals surface area contributed by atoms with E-state index in [-0.39, 0.29) is 11.3 Å². The number of halogens is 2. The highest BCUT2D eigenvalue weighted by Crippen LogP contribution is 2.25. The molecule has 22 heavy (non-hydrogen) atoms. The first-order chi connectivity index (χ1) is 10.3. The highest BCUT2D eigenvalue weighted by atomic mass is 35.5. The number of hydrogen-bond acceptors (Lipinski definition) is 3. The van der Waals surface area contributed by atoms with Gasteiger partial charge in [0.2, 0.25) is 10.0 Å². The van der Waals surface area contributed by atoms with Crippen LogP contribution in [-0.2, 0) is 10.0 Å². The largest absolute Gasteiger partial charge is 0.321 e. The van der Waals surface area contributed by atoms with Gasteiger partial charge in [-0.1, -0.05) is 35.3 Å². The third-order valence-corrected chi connectivity index (χ3v) is 3.80. The van der Waals surface area contributed by atoms with E-state index in [1.54, 1.807) is 24.3 Å². The van der Waals surface area contributed by atoms with Crippen LogP contribution in [0.25, 0.3) is 0 Å². The van der Waals surface area contributed by atoms with Gasteiger partial charge in [-0.15, -0.1) is 0 Å². The van der Waals surface area contributed by atoms with E-state index in [4.69, 9.17) is 23.2 Å². The van der Waals surface area contributed by atoms with Crippen molar-refractivity contribution in [1.29, 1.82) is 0 Å². The second kappa shape index (κ2) is 6.56. The highest BCUT2D eigenvalue weighted by molar-refractivity contribution is 7.92. The quantitative estimate of drug-likeness (QED) is 0.876. The van der Waals surface area contributed by atoms with E-state index >= 15 is 0 Å². The van der Waals surface area contributed by atoms with E-state index in [0.717, 1.165) is 6.26 Å². The lowest BCUT2D eigenvalue weighted by Gasteiger charge is -2.12. The minimum absolute atomic E-state index is 0.0952. The van der Waals surface area contributed by atoms with Crippen molar-refractivity contribution in [2.24, 2.45) is 0 Å². The zero-order valence-electron chi connectivity index (χ0n) is 11.4. The summed E-state index contributed by atoms with van der Waals surface area (Å²) in [5.41, 5.74) is 0.647. The standard InChI is InChI=1S/C14H12Cl2N2O3S/c1-22(20,21)18-12-7-6-9(15)8-10(12)14(19)17-13-5-3-2-4-11(13)16/h2-8,18H,1H3,(H,17,19). The van der Waals surface area contributed by atoms with Gasteiger partial charge < -0.3 is 5.32 Å². The number of nitrogens with one attached hydrogen (secondary N) is 2. The van der Waals surface area contributed by atoms with Crippen LogP contribution in [0.15, 0.2) is 42.5 Å². The minimum Gasteiger partial charge on any atom is -0.321 e. The molecule has 0 heterocycles. The van der Waals surface area contributed by atoms with Crippen molar-refractivity contribution in [2.45, 2.75) is 0 Å². The first kappa shape index (κ1) is 16.6. The Kier molecular flexibility index (Phi) is 4.95. The van der Waals surface area contributed by atoms with Gasteiger partial charge in [0, 0.05) is 5.02 Å². The summed E-state index contributed by atoms with van der Waals surface area (Å²) in [6.45, 7) is 0. The second-order valence-corrected chi connectivity index (χ2v) is 7.09. The van der Waals surface area contributed by atoms with Crippen LogP contribution in [0.1, 0.15) is 10.4 Å². The molecule has 0 radical (unpaired) electrons. The Bertz CT molecular complexity index is 823. The van der Waals surface area contributed by atoms with Crippen molar-refractivity contribution in [3.63, 3.8) is 0 Å². The molecule has 2 aromatic rings. The molecule has 0 aromatic heterocycles. The molecule has 0 fully saturated rings.